The summed E-state index contributed by atoms with van der Waals surface area (Å²) < 4.78 is 42.7. The van der Waals surface area contributed by atoms with Gasteiger partial charge in [-0.1, -0.05) is 36.7 Å². The van der Waals surface area contributed by atoms with Crippen LogP contribution >= 0.6 is 11.6 Å². The number of sulfonamides is 1. The van der Waals surface area contributed by atoms with Crippen molar-refractivity contribution in [2.75, 3.05) is 51.3 Å². The van der Waals surface area contributed by atoms with E-state index in [-0.39, 0.29) is 35.3 Å². The number of anilines is 1. The topological polar surface area (TPSA) is 108 Å². The van der Waals surface area contributed by atoms with Gasteiger partial charge in [-0.2, -0.15) is 0 Å². The van der Waals surface area contributed by atoms with Crippen LogP contribution < -0.4 is 14.4 Å². The van der Waals surface area contributed by atoms with Crippen LogP contribution in [0.15, 0.2) is 48.6 Å². The Balaban J connectivity index is 1.26. The second-order valence-electron chi connectivity index (χ2n) is 16.1. The molecule has 1 saturated carbocycles. The van der Waals surface area contributed by atoms with Gasteiger partial charge in [-0.3, -0.25) is 14.5 Å². The van der Waals surface area contributed by atoms with E-state index < -0.39 is 26.8 Å². The van der Waals surface area contributed by atoms with Gasteiger partial charge in [0.05, 0.1) is 17.5 Å². The first-order chi connectivity index (χ1) is 25.5. The predicted molar refractivity (Wildman–Crippen MR) is 208 cm³/mol. The van der Waals surface area contributed by atoms with Gasteiger partial charge < -0.3 is 19.3 Å². The Hall–Kier alpha value is -3.12. The molecule has 0 radical (unpaired) electrons. The molecule has 2 bridgehead atoms. The Bertz CT molecular complexity index is 1820. The lowest BCUT2D eigenvalue weighted by Gasteiger charge is -2.52. The number of hydrogen-bond donors (Lipinski definition) is 1. The zero-order valence-corrected chi connectivity index (χ0v) is 33.0. The van der Waals surface area contributed by atoms with Crippen LogP contribution in [0.25, 0.3) is 0 Å². The van der Waals surface area contributed by atoms with E-state index in [1.165, 1.54) is 5.56 Å². The Morgan fingerprint density at radius 1 is 0.981 bits per heavy atom. The van der Waals surface area contributed by atoms with Crippen LogP contribution in [0, 0.1) is 17.8 Å². The van der Waals surface area contributed by atoms with Crippen molar-refractivity contribution in [1.29, 1.82) is 0 Å². The lowest BCUT2D eigenvalue weighted by molar-refractivity contribution is -0.146. The summed E-state index contributed by atoms with van der Waals surface area (Å²) in [6, 6.07) is 11.4. The van der Waals surface area contributed by atoms with Crippen molar-refractivity contribution < 1.29 is 27.5 Å². The number of amides is 2. The van der Waals surface area contributed by atoms with Gasteiger partial charge in [0.2, 0.25) is 15.9 Å². The fourth-order valence-electron chi connectivity index (χ4n) is 9.27. The third kappa shape index (κ3) is 8.14. The molecule has 0 spiro atoms. The van der Waals surface area contributed by atoms with Gasteiger partial charge in [0, 0.05) is 56.5 Å². The van der Waals surface area contributed by atoms with E-state index in [4.69, 9.17) is 21.1 Å². The highest BCUT2D eigenvalue weighted by atomic mass is 35.5. The molecule has 2 aromatic rings. The number of benzene rings is 2. The molecular formula is C41H55ClN4O6S. The molecule has 0 aromatic heterocycles. The Morgan fingerprint density at radius 3 is 2.60 bits per heavy atom. The average Bonchev–Trinajstić information content (AvgIpc) is 3.15. The zero-order chi connectivity index (χ0) is 37.3. The summed E-state index contributed by atoms with van der Waals surface area (Å²) in [5.74, 6) is 0.391. The van der Waals surface area contributed by atoms with Crippen LogP contribution in [0.2, 0.25) is 5.02 Å². The molecule has 1 aliphatic carbocycles. The van der Waals surface area contributed by atoms with E-state index in [2.05, 4.69) is 31.6 Å². The number of piperidine rings is 1. The molecule has 1 N–H and O–H groups in total. The number of halogens is 1. The van der Waals surface area contributed by atoms with Crippen LogP contribution in [0.4, 0.5) is 5.69 Å². The molecule has 4 aliphatic heterocycles. The number of carbonyl (C=O) groups excluding carboxylic acids is 2. The van der Waals surface area contributed by atoms with Crippen LogP contribution in [-0.4, -0.2) is 93.3 Å². The van der Waals surface area contributed by atoms with Crippen molar-refractivity contribution in [3.05, 3.63) is 70.3 Å². The molecule has 2 aromatic carbocycles. The molecule has 7 rings (SSSR count). The second-order valence-corrected chi connectivity index (χ2v) is 18.6. The first kappa shape index (κ1) is 38.2. The molecule has 6 atom stereocenters. The number of rotatable bonds is 3. The van der Waals surface area contributed by atoms with E-state index >= 15 is 0 Å². The number of piperazine rings is 1. The maximum atomic E-state index is 13.6. The molecule has 288 valence electrons. The van der Waals surface area contributed by atoms with Crippen LogP contribution in [-0.2, 0) is 32.6 Å². The maximum absolute atomic E-state index is 13.6. The third-order valence-electron chi connectivity index (χ3n) is 12.8. The lowest BCUT2D eigenvalue weighted by Crippen LogP contribution is -2.62. The maximum Gasteiger partial charge on any atom is 0.264 e. The summed E-state index contributed by atoms with van der Waals surface area (Å²) in [6.45, 7) is 8.04. The van der Waals surface area contributed by atoms with Gasteiger partial charge in [0.25, 0.3) is 5.91 Å². The van der Waals surface area contributed by atoms with Gasteiger partial charge in [0.15, 0.2) is 0 Å². The molecule has 0 unspecified atom stereocenters. The second kappa shape index (κ2) is 15.9. The molecule has 53 heavy (non-hydrogen) atoms. The highest BCUT2D eigenvalue weighted by Crippen LogP contribution is 2.47. The van der Waals surface area contributed by atoms with E-state index in [0.29, 0.717) is 36.9 Å². The molecule has 3 fully saturated rings. The van der Waals surface area contributed by atoms with Gasteiger partial charge in [-0.25, -0.2) is 13.1 Å². The number of carbonyl (C=O) groups is 2. The van der Waals surface area contributed by atoms with Gasteiger partial charge >= 0.3 is 0 Å². The highest BCUT2D eigenvalue weighted by Gasteiger charge is 2.49. The van der Waals surface area contributed by atoms with Crippen molar-refractivity contribution in [3.8, 4) is 5.75 Å². The van der Waals surface area contributed by atoms with E-state index in [9.17, 15) is 18.0 Å². The minimum atomic E-state index is -3.99. The van der Waals surface area contributed by atoms with Crippen molar-refractivity contribution in [2.45, 2.75) is 95.1 Å². The van der Waals surface area contributed by atoms with Crippen LogP contribution in [0.1, 0.15) is 86.7 Å². The minimum Gasteiger partial charge on any atom is -0.487 e. The molecule has 12 heteroatoms. The summed E-state index contributed by atoms with van der Waals surface area (Å²) >= 11 is 6.40. The number of nitrogens with zero attached hydrogens (tertiary/aromatic N) is 3. The van der Waals surface area contributed by atoms with Crippen molar-refractivity contribution in [1.82, 2.24) is 14.5 Å². The number of hydrogen-bond acceptors (Lipinski definition) is 8. The Morgan fingerprint density at radius 2 is 1.81 bits per heavy atom. The van der Waals surface area contributed by atoms with E-state index in [1.54, 1.807) is 32.2 Å². The van der Waals surface area contributed by atoms with Gasteiger partial charge in [0.1, 0.15) is 18.0 Å². The predicted octanol–water partition coefficient (Wildman–Crippen LogP) is 6.21. The molecule has 2 amide bonds. The summed E-state index contributed by atoms with van der Waals surface area (Å²) in [5, 5.41) is -0.112. The average molecular weight is 767 g/mol. The van der Waals surface area contributed by atoms with Crippen molar-refractivity contribution >= 4 is 39.1 Å². The summed E-state index contributed by atoms with van der Waals surface area (Å²) in [6.07, 6.45) is 12.7. The van der Waals surface area contributed by atoms with Crippen LogP contribution in [0.3, 0.4) is 0 Å². The minimum absolute atomic E-state index is 0.174. The third-order valence-corrected chi connectivity index (χ3v) is 14.9. The smallest absolute Gasteiger partial charge is 0.264 e. The monoisotopic (exact) mass is 766 g/mol. The summed E-state index contributed by atoms with van der Waals surface area (Å²) in [4.78, 5) is 33.7. The summed E-state index contributed by atoms with van der Waals surface area (Å²) in [7, 11) is -2.20. The Kier molecular flexibility index (Phi) is 11.5. The normalized spacial score (nSPS) is 31.7. The standard InChI is InChI=1S/C41H55ClN4O6S/c1-28-9-8-18-41(51-3,27-44-24-35-11-5-7-20-46(35)39(47)25-44)36-16-13-32(36)23-45-19-6-4-10-30-21-34(42)15-12-33(30)26-52-38-17-14-31(22-37(38)45)40(48)43-53(49,50)29(28)2/h8,12,14-15,17-18,21-22,28-29,32,35-36H,4-7,9-11,13,16,19-20,23-27H2,1-3H3,(H,43,48)/b18-8+/t28-,29+,32-,35+,36+,41+/m0/s1. The molecule has 5 aliphatic rings. The quantitative estimate of drug-likeness (QED) is 0.368. The van der Waals surface area contributed by atoms with Crippen LogP contribution in [0.5, 0.6) is 5.75 Å². The largest absolute Gasteiger partial charge is 0.487 e. The first-order valence-corrected chi connectivity index (χ1v) is 21.5. The van der Waals surface area contributed by atoms with Gasteiger partial charge in [-0.15, -0.1) is 0 Å². The lowest BCUT2D eigenvalue weighted by atomic mass is 9.63. The highest BCUT2D eigenvalue weighted by molar-refractivity contribution is 7.90. The molecular weight excluding hydrogens is 712 g/mol. The van der Waals surface area contributed by atoms with E-state index in [0.717, 1.165) is 88.8 Å². The summed E-state index contributed by atoms with van der Waals surface area (Å²) in [5.41, 5.74) is 2.64. The molecule has 4 heterocycles. The SMILES string of the molecule is CO[C@@]1(CN2CC(=O)N3CCCC[C@@H]3C2)/C=C/C[C@H](C)[C@@H](C)S(=O)(=O)NC(=O)c2ccc3c(c2)N(CCCCc2cc(Cl)ccc2CO3)C[C@@H]2CC[C@H]21. The Labute approximate surface area is 320 Å². The number of fused-ring (bicyclic) bond motifs is 4. The number of methoxy groups -OCH3 is 1. The number of ether oxygens (including phenoxy) is 2. The number of allylic oxidation sites excluding steroid dienone is 1. The van der Waals surface area contributed by atoms with E-state index in [1.807, 2.05) is 25.1 Å². The number of nitrogens with one attached hydrogen (secondary N) is 1. The van der Waals surface area contributed by atoms with Gasteiger partial charge in [-0.05, 0) is 124 Å². The zero-order valence-electron chi connectivity index (χ0n) is 31.4. The van der Waals surface area contributed by atoms with Crippen molar-refractivity contribution in [3.63, 3.8) is 0 Å². The van der Waals surface area contributed by atoms with Crippen molar-refractivity contribution in [2.24, 2.45) is 17.8 Å². The fraction of sp³-hybridized carbons (Fsp3) is 0.610. The number of aryl methyl sites for hydroxylation is 1. The molecule has 2 saturated heterocycles. The molecule has 10 nitrogen and oxygen atoms in total. The first-order valence-electron chi connectivity index (χ1n) is 19.6. The fourth-order valence-corrected chi connectivity index (χ4v) is 10.7.